The molecule has 0 bridgehead atoms. The first-order valence-electron chi connectivity index (χ1n) is 8.69. The smallest absolute Gasteiger partial charge is 0.273 e. The van der Waals surface area contributed by atoms with Crippen molar-refractivity contribution in [3.8, 4) is 0 Å². The molecule has 1 N–H and O–H groups in total. The summed E-state index contributed by atoms with van der Waals surface area (Å²) in [4.78, 5) is 12.1. The average Bonchev–Trinajstić information content (AvgIpc) is 3.31. The van der Waals surface area contributed by atoms with Crippen LogP contribution in [-0.4, -0.2) is 37.4 Å². The molecule has 2 rings (SSSR count). The SMILES string of the molecule is C=C/C=C(\C=C(\Br)CC)COCc1cc(C(=O)NCC2CCOC2)no1. The zero-order chi connectivity index (χ0) is 18.8. The van der Waals surface area contributed by atoms with Crippen molar-refractivity contribution in [2.75, 3.05) is 26.4 Å². The van der Waals surface area contributed by atoms with Crippen LogP contribution in [0.4, 0.5) is 0 Å². The summed E-state index contributed by atoms with van der Waals surface area (Å²) in [6, 6.07) is 1.61. The molecule has 1 atom stereocenters. The highest BCUT2D eigenvalue weighted by Gasteiger charge is 2.18. The summed E-state index contributed by atoms with van der Waals surface area (Å²) in [6.07, 6.45) is 7.50. The predicted octanol–water partition coefficient (Wildman–Crippen LogP) is 3.76. The van der Waals surface area contributed by atoms with E-state index in [0.29, 0.717) is 31.4 Å². The van der Waals surface area contributed by atoms with E-state index in [1.165, 1.54) is 0 Å². The third-order valence-corrected chi connectivity index (χ3v) is 4.68. The number of hydrogen-bond acceptors (Lipinski definition) is 5. The fourth-order valence-electron chi connectivity index (χ4n) is 2.42. The first-order valence-corrected chi connectivity index (χ1v) is 9.48. The van der Waals surface area contributed by atoms with Crippen LogP contribution in [0.1, 0.15) is 36.0 Å². The number of rotatable bonds is 10. The van der Waals surface area contributed by atoms with E-state index < -0.39 is 0 Å². The Morgan fingerprint density at radius 3 is 3.12 bits per heavy atom. The van der Waals surface area contributed by atoms with Crippen LogP contribution in [0, 0.1) is 5.92 Å². The Morgan fingerprint density at radius 2 is 2.42 bits per heavy atom. The van der Waals surface area contributed by atoms with E-state index >= 15 is 0 Å². The lowest BCUT2D eigenvalue weighted by Gasteiger charge is -2.07. The zero-order valence-corrected chi connectivity index (χ0v) is 16.6. The van der Waals surface area contributed by atoms with Crippen LogP contribution in [-0.2, 0) is 16.1 Å². The van der Waals surface area contributed by atoms with Crippen molar-refractivity contribution in [3.63, 3.8) is 0 Å². The molecule has 142 valence electrons. The second-order valence-electron chi connectivity index (χ2n) is 6.03. The van der Waals surface area contributed by atoms with Crippen molar-refractivity contribution in [1.82, 2.24) is 10.5 Å². The van der Waals surface area contributed by atoms with Gasteiger partial charge in [-0.2, -0.15) is 0 Å². The minimum Gasteiger partial charge on any atom is -0.381 e. The molecule has 1 aromatic heterocycles. The Balaban J connectivity index is 1.79. The van der Waals surface area contributed by atoms with Gasteiger partial charge in [-0.05, 0) is 29.0 Å². The predicted molar refractivity (Wildman–Crippen MR) is 103 cm³/mol. The maximum absolute atomic E-state index is 12.1. The van der Waals surface area contributed by atoms with E-state index in [9.17, 15) is 4.79 Å². The highest BCUT2D eigenvalue weighted by atomic mass is 79.9. The van der Waals surface area contributed by atoms with Crippen LogP contribution in [0.15, 0.2) is 45.5 Å². The third-order valence-electron chi connectivity index (χ3n) is 3.89. The summed E-state index contributed by atoms with van der Waals surface area (Å²) in [6.45, 7) is 8.47. The van der Waals surface area contributed by atoms with Gasteiger partial charge in [0.1, 0.15) is 6.61 Å². The van der Waals surface area contributed by atoms with Crippen LogP contribution in [0.3, 0.4) is 0 Å². The number of carbonyl (C=O) groups is 1. The van der Waals surface area contributed by atoms with Gasteiger partial charge in [0.2, 0.25) is 0 Å². The maximum atomic E-state index is 12.1. The number of ether oxygens (including phenoxy) is 2. The number of amides is 1. The molecular weight excluding hydrogens is 400 g/mol. The molecule has 1 fully saturated rings. The van der Waals surface area contributed by atoms with Crippen LogP contribution in [0.25, 0.3) is 0 Å². The molecule has 0 radical (unpaired) electrons. The first-order chi connectivity index (χ1) is 12.6. The van der Waals surface area contributed by atoms with Crippen molar-refractivity contribution in [2.24, 2.45) is 5.92 Å². The van der Waals surface area contributed by atoms with Crippen molar-refractivity contribution in [3.05, 3.63) is 52.4 Å². The molecular formula is C19H25BrN2O4. The van der Waals surface area contributed by atoms with E-state index in [2.05, 4.69) is 39.9 Å². The van der Waals surface area contributed by atoms with Crippen LogP contribution >= 0.6 is 15.9 Å². The monoisotopic (exact) mass is 424 g/mol. The molecule has 26 heavy (non-hydrogen) atoms. The standard InChI is InChI=1S/C19H25BrN2O4/c1-3-5-14(8-16(20)4-2)11-25-13-17-9-18(22-26-17)19(23)21-10-15-6-7-24-12-15/h3,5,8-9,15H,1,4,6-7,10-13H2,2H3,(H,21,23)/b14-5+,16-8+. The number of nitrogens with zero attached hydrogens (tertiary/aromatic N) is 1. The Morgan fingerprint density at radius 1 is 1.58 bits per heavy atom. The third kappa shape index (κ3) is 6.90. The lowest BCUT2D eigenvalue weighted by molar-refractivity contribution is 0.0934. The van der Waals surface area contributed by atoms with Gasteiger partial charge in [0.15, 0.2) is 11.5 Å². The molecule has 0 saturated carbocycles. The fraction of sp³-hybridized carbons (Fsp3) is 0.474. The molecule has 1 saturated heterocycles. The second-order valence-corrected chi connectivity index (χ2v) is 7.05. The summed E-state index contributed by atoms with van der Waals surface area (Å²) >= 11 is 3.49. The lowest BCUT2D eigenvalue weighted by Crippen LogP contribution is -2.29. The number of hydrogen-bond donors (Lipinski definition) is 1. The number of aromatic nitrogens is 1. The normalized spacial score (nSPS) is 18.2. The Kier molecular flexibility index (Phi) is 8.80. The van der Waals surface area contributed by atoms with Gasteiger partial charge in [-0.25, -0.2) is 0 Å². The molecule has 7 heteroatoms. The molecule has 1 amide bonds. The molecule has 1 aliphatic rings. The first kappa shape index (κ1) is 20.6. The van der Waals surface area contributed by atoms with Crippen molar-refractivity contribution in [1.29, 1.82) is 0 Å². The molecule has 0 aliphatic carbocycles. The van der Waals surface area contributed by atoms with E-state index in [4.69, 9.17) is 14.0 Å². The largest absolute Gasteiger partial charge is 0.381 e. The topological polar surface area (TPSA) is 73.6 Å². The van der Waals surface area contributed by atoms with Gasteiger partial charge in [0.25, 0.3) is 5.91 Å². The minimum absolute atomic E-state index is 0.239. The molecule has 0 aromatic carbocycles. The summed E-state index contributed by atoms with van der Waals surface area (Å²) in [5.41, 5.74) is 1.25. The second kappa shape index (κ2) is 11.1. The molecule has 0 spiro atoms. The Hall–Kier alpha value is -1.70. The van der Waals surface area contributed by atoms with Crippen LogP contribution in [0.2, 0.25) is 0 Å². The summed E-state index contributed by atoms with van der Waals surface area (Å²) in [5.74, 6) is 0.643. The van der Waals surface area contributed by atoms with E-state index in [-0.39, 0.29) is 18.2 Å². The number of carbonyl (C=O) groups excluding carboxylic acids is 1. The quantitative estimate of drug-likeness (QED) is 0.578. The van der Waals surface area contributed by atoms with Gasteiger partial charge in [0.05, 0.1) is 13.2 Å². The molecule has 2 heterocycles. The summed E-state index contributed by atoms with van der Waals surface area (Å²) in [7, 11) is 0. The van der Waals surface area contributed by atoms with Gasteiger partial charge in [-0.15, -0.1) is 0 Å². The summed E-state index contributed by atoms with van der Waals surface area (Å²) in [5, 5.41) is 6.67. The average molecular weight is 425 g/mol. The zero-order valence-electron chi connectivity index (χ0n) is 15.0. The van der Waals surface area contributed by atoms with Crippen LogP contribution in [0.5, 0.6) is 0 Å². The Bertz CT molecular complexity index is 660. The maximum Gasteiger partial charge on any atom is 0.273 e. The van der Waals surface area contributed by atoms with E-state index in [1.807, 2.05) is 12.2 Å². The van der Waals surface area contributed by atoms with Crippen molar-refractivity contribution >= 4 is 21.8 Å². The molecule has 1 unspecified atom stereocenters. The Labute approximate surface area is 162 Å². The van der Waals surface area contributed by atoms with Gasteiger partial charge >= 0.3 is 0 Å². The van der Waals surface area contributed by atoms with Crippen molar-refractivity contribution < 1.29 is 18.8 Å². The molecule has 1 aromatic rings. The van der Waals surface area contributed by atoms with Gasteiger partial charge in [-0.3, -0.25) is 4.79 Å². The van der Waals surface area contributed by atoms with Gasteiger partial charge < -0.3 is 19.3 Å². The van der Waals surface area contributed by atoms with Crippen molar-refractivity contribution in [2.45, 2.75) is 26.4 Å². The fourth-order valence-corrected chi connectivity index (χ4v) is 2.72. The molecule has 1 aliphatic heterocycles. The number of halogens is 1. The summed E-state index contributed by atoms with van der Waals surface area (Å²) < 4.78 is 17.2. The van der Waals surface area contributed by atoms with E-state index in [0.717, 1.165) is 29.5 Å². The van der Waals surface area contributed by atoms with Gasteiger partial charge in [-0.1, -0.05) is 46.7 Å². The highest BCUT2D eigenvalue weighted by Crippen LogP contribution is 2.15. The number of nitrogens with one attached hydrogen (secondary N) is 1. The number of allylic oxidation sites excluding steroid dienone is 3. The van der Waals surface area contributed by atoms with Gasteiger partial charge in [0, 0.05) is 25.1 Å². The minimum atomic E-state index is -0.242. The van der Waals surface area contributed by atoms with E-state index in [1.54, 1.807) is 12.1 Å². The van der Waals surface area contributed by atoms with Crippen LogP contribution < -0.4 is 5.32 Å². The molecule has 6 nitrogen and oxygen atoms in total. The lowest BCUT2D eigenvalue weighted by atomic mass is 10.1. The highest BCUT2D eigenvalue weighted by molar-refractivity contribution is 9.11.